The van der Waals surface area contributed by atoms with Gasteiger partial charge >= 0.3 is 17.9 Å². The van der Waals surface area contributed by atoms with Gasteiger partial charge < -0.3 is 33.2 Å². The van der Waals surface area contributed by atoms with Crippen molar-refractivity contribution >= 4 is 28.9 Å². The molecular weight excluding hydrogens is 500 g/mol. The van der Waals surface area contributed by atoms with Crippen LogP contribution in [0.15, 0.2) is 51.9 Å². The molecule has 0 aliphatic rings. The first-order valence-electron chi connectivity index (χ1n) is 11.5. The standard InChI is InChI=1S/C27H28O11/c1-14(33-3)26(31)37-18-11-20-23(21(12-18)38-27(32)15(2)34-4)24(28)19(13-36-20)17-8-6-16(7-9-17)10-22(35-5)25(29)30/h6-9,11-15,22H,10H2,1-5H3,(H,29,30)/t14-,15-,22-/m1/s1. The number of benzene rings is 2. The fourth-order valence-corrected chi connectivity index (χ4v) is 3.42. The fraction of sp³-hybridized carbons (Fsp3) is 0.333. The quantitative estimate of drug-likeness (QED) is 0.289. The number of aliphatic carboxylic acids is 1. The number of methoxy groups -OCH3 is 3. The van der Waals surface area contributed by atoms with Crippen LogP contribution in [0.2, 0.25) is 0 Å². The summed E-state index contributed by atoms with van der Waals surface area (Å²) in [6, 6.07) is 9.20. The molecule has 11 nitrogen and oxygen atoms in total. The summed E-state index contributed by atoms with van der Waals surface area (Å²) in [5.41, 5.74) is 0.854. The van der Waals surface area contributed by atoms with E-state index in [9.17, 15) is 24.3 Å². The van der Waals surface area contributed by atoms with E-state index in [4.69, 9.17) is 28.1 Å². The minimum Gasteiger partial charge on any atom is -0.479 e. The van der Waals surface area contributed by atoms with Crippen molar-refractivity contribution in [2.75, 3.05) is 21.3 Å². The predicted molar refractivity (Wildman–Crippen MR) is 134 cm³/mol. The van der Waals surface area contributed by atoms with Gasteiger partial charge in [0.15, 0.2) is 18.3 Å². The topological polar surface area (TPSA) is 148 Å². The number of carbonyl (C=O) groups is 3. The lowest BCUT2D eigenvalue weighted by Gasteiger charge is -2.14. The predicted octanol–water partition coefficient (Wildman–Crippen LogP) is 2.98. The van der Waals surface area contributed by atoms with Gasteiger partial charge in [-0.2, -0.15) is 0 Å². The van der Waals surface area contributed by atoms with Crippen LogP contribution in [0.4, 0.5) is 0 Å². The fourth-order valence-electron chi connectivity index (χ4n) is 3.42. The Hall–Kier alpha value is -4.06. The Labute approximate surface area is 217 Å². The number of rotatable bonds is 11. The molecule has 11 heteroatoms. The Morgan fingerprint density at radius 2 is 1.50 bits per heavy atom. The Balaban J connectivity index is 2.06. The molecule has 0 fully saturated rings. The highest BCUT2D eigenvalue weighted by Gasteiger charge is 2.23. The third kappa shape index (κ3) is 6.43. The van der Waals surface area contributed by atoms with Crippen LogP contribution in [0.3, 0.4) is 0 Å². The molecule has 1 N–H and O–H groups in total. The molecule has 3 rings (SSSR count). The molecule has 0 amide bonds. The lowest BCUT2D eigenvalue weighted by atomic mass is 10.0. The number of esters is 2. The first-order valence-corrected chi connectivity index (χ1v) is 11.5. The first-order chi connectivity index (χ1) is 18.1. The zero-order valence-electron chi connectivity index (χ0n) is 21.5. The first kappa shape index (κ1) is 28.5. The molecule has 0 unspecified atom stereocenters. The van der Waals surface area contributed by atoms with Gasteiger partial charge in [0, 0.05) is 39.9 Å². The van der Waals surface area contributed by atoms with Gasteiger partial charge in [-0.1, -0.05) is 24.3 Å². The van der Waals surface area contributed by atoms with Crippen LogP contribution >= 0.6 is 0 Å². The van der Waals surface area contributed by atoms with Crippen molar-refractivity contribution in [3.8, 4) is 22.6 Å². The van der Waals surface area contributed by atoms with Crippen molar-refractivity contribution in [1.82, 2.24) is 0 Å². The molecule has 1 aromatic heterocycles. The summed E-state index contributed by atoms with van der Waals surface area (Å²) in [6.07, 6.45) is -1.43. The van der Waals surface area contributed by atoms with E-state index in [2.05, 4.69) is 0 Å². The second kappa shape index (κ2) is 12.5. The Morgan fingerprint density at radius 1 is 0.895 bits per heavy atom. The van der Waals surface area contributed by atoms with Crippen LogP contribution in [0.25, 0.3) is 22.1 Å². The zero-order chi connectivity index (χ0) is 28.0. The summed E-state index contributed by atoms with van der Waals surface area (Å²) in [6.45, 7) is 2.97. The van der Waals surface area contributed by atoms with Crippen LogP contribution in [0.5, 0.6) is 11.5 Å². The third-order valence-corrected chi connectivity index (χ3v) is 5.86. The second-order valence-electron chi connectivity index (χ2n) is 8.33. The molecule has 1 heterocycles. The molecule has 0 aliphatic carbocycles. The molecule has 0 saturated heterocycles. The van der Waals surface area contributed by atoms with E-state index < -0.39 is 41.6 Å². The van der Waals surface area contributed by atoms with Gasteiger partial charge in [0.05, 0.1) is 5.56 Å². The van der Waals surface area contributed by atoms with E-state index in [-0.39, 0.29) is 34.5 Å². The van der Waals surface area contributed by atoms with Crippen molar-refractivity contribution in [2.45, 2.75) is 38.6 Å². The summed E-state index contributed by atoms with van der Waals surface area (Å²) in [5, 5.41) is 9.15. The highest BCUT2D eigenvalue weighted by atomic mass is 16.6. The molecule has 3 atom stereocenters. The maximum Gasteiger partial charge on any atom is 0.340 e. The van der Waals surface area contributed by atoms with Crippen LogP contribution in [-0.4, -0.2) is 62.7 Å². The highest BCUT2D eigenvalue weighted by Crippen LogP contribution is 2.32. The number of ether oxygens (including phenoxy) is 5. The minimum atomic E-state index is -1.08. The van der Waals surface area contributed by atoms with E-state index in [1.807, 2.05) is 0 Å². The number of fused-ring (bicyclic) bond motifs is 1. The van der Waals surface area contributed by atoms with E-state index >= 15 is 0 Å². The van der Waals surface area contributed by atoms with Crippen LogP contribution < -0.4 is 14.9 Å². The molecule has 0 saturated carbocycles. The Morgan fingerprint density at radius 3 is 2.05 bits per heavy atom. The van der Waals surface area contributed by atoms with Gasteiger partial charge in [-0.05, 0) is 25.0 Å². The molecule has 0 radical (unpaired) electrons. The summed E-state index contributed by atoms with van der Waals surface area (Å²) in [5.74, 6) is -2.76. The summed E-state index contributed by atoms with van der Waals surface area (Å²) in [4.78, 5) is 49.5. The van der Waals surface area contributed by atoms with Crippen molar-refractivity contribution < 1.29 is 47.6 Å². The van der Waals surface area contributed by atoms with Crippen molar-refractivity contribution in [2.24, 2.45) is 0 Å². The maximum absolute atomic E-state index is 13.5. The third-order valence-electron chi connectivity index (χ3n) is 5.86. The Bertz CT molecular complexity index is 1370. The maximum atomic E-state index is 13.5. The molecule has 3 aromatic rings. The average Bonchev–Trinajstić information content (AvgIpc) is 2.90. The van der Waals surface area contributed by atoms with Crippen LogP contribution in [-0.2, 0) is 35.0 Å². The molecule has 0 aliphatic heterocycles. The van der Waals surface area contributed by atoms with Gasteiger partial charge in [0.1, 0.15) is 28.7 Å². The summed E-state index contributed by atoms with van der Waals surface area (Å²) in [7, 11) is 3.99. The van der Waals surface area contributed by atoms with E-state index in [0.717, 1.165) is 0 Å². The summed E-state index contributed by atoms with van der Waals surface area (Å²) < 4.78 is 31.4. The lowest BCUT2D eigenvalue weighted by Crippen LogP contribution is -2.26. The van der Waals surface area contributed by atoms with E-state index in [1.165, 1.54) is 53.6 Å². The van der Waals surface area contributed by atoms with Crippen molar-refractivity contribution in [3.05, 3.63) is 58.4 Å². The summed E-state index contributed by atoms with van der Waals surface area (Å²) >= 11 is 0. The minimum absolute atomic E-state index is 0.0167. The van der Waals surface area contributed by atoms with E-state index in [1.54, 1.807) is 24.3 Å². The van der Waals surface area contributed by atoms with Gasteiger partial charge in [0.2, 0.25) is 5.43 Å². The molecule has 2 aromatic carbocycles. The van der Waals surface area contributed by atoms with E-state index in [0.29, 0.717) is 11.1 Å². The average molecular weight is 529 g/mol. The number of carbonyl (C=O) groups excluding carboxylic acids is 2. The smallest absolute Gasteiger partial charge is 0.340 e. The molecule has 38 heavy (non-hydrogen) atoms. The monoisotopic (exact) mass is 528 g/mol. The lowest BCUT2D eigenvalue weighted by molar-refractivity contribution is -0.148. The van der Waals surface area contributed by atoms with Crippen LogP contribution in [0.1, 0.15) is 19.4 Å². The Kier molecular flexibility index (Phi) is 9.35. The normalized spacial score (nSPS) is 13.5. The number of hydrogen-bond acceptors (Lipinski definition) is 10. The molecule has 0 bridgehead atoms. The number of hydrogen-bond donors (Lipinski definition) is 1. The largest absolute Gasteiger partial charge is 0.479 e. The molecule has 0 spiro atoms. The van der Waals surface area contributed by atoms with Gasteiger partial charge in [-0.25, -0.2) is 14.4 Å². The van der Waals surface area contributed by atoms with Gasteiger partial charge in [0.25, 0.3) is 0 Å². The van der Waals surface area contributed by atoms with Crippen molar-refractivity contribution in [1.29, 1.82) is 0 Å². The van der Waals surface area contributed by atoms with Crippen molar-refractivity contribution in [3.63, 3.8) is 0 Å². The zero-order valence-corrected chi connectivity index (χ0v) is 21.5. The highest BCUT2D eigenvalue weighted by molar-refractivity contribution is 5.91. The molecule has 202 valence electrons. The van der Waals surface area contributed by atoms with Gasteiger partial charge in [-0.3, -0.25) is 4.79 Å². The number of carboxylic acid groups (broad SMARTS) is 1. The van der Waals surface area contributed by atoms with Crippen LogP contribution in [0, 0.1) is 0 Å². The molecular formula is C27H28O11. The van der Waals surface area contributed by atoms with Gasteiger partial charge in [-0.15, -0.1) is 0 Å². The SMILES string of the molecule is CO[C@H](C)C(=O)Oc1cc(OC(=O)[C@@H](C)OC)c2c(=O)c(-c3ccc(C[C@@H](OC)C(=O)O)cc3)coc2c1. The number of carboxylic acids is 1. The second-order valence-corrected chi connectivity index (χ2v) is 8.33.